The van der Waals surface area contributed by atoms with Crippen molar-refractivity contribution in [3.8, 4) is 11.5 Å². The van der Waals surface area contributed by atoms with Gasteiger partial charge in [0.1, 0.15) is 0 Å². The van der Waals surface area contributed by atoms with Crippen molar-refractivity contribution in [3.05, 3.63) is 41.0 Å². The molecule has 4 heteroatoms. The van der Waals surface area contributed by atoms with Gasteiger partial charge in [0.05, 0.1) is 14.2 Å². The summed E-state index contributed by atoms with van der Waals surface area (Å²) in [5, 5.41) is 0. The minimum absolute atomic E-state index is 0.0786. The molecule has 1 aromatic rings. The Hall–Kier alpha value is -2.23. The number of fused-ring (bicyclic) bond motifs is 3. The molecule has 0 spiro atoms. The zero-order valence-corrected chi connectivity index (χ0v) is 13.3. The average Bonchev–Trinajstić information content (AvgIpc) is 2.94. The number of ether oxygens (including phenoxy) is 2. The van der Waals surface area contributed by atoms with E-state index in [-0.39, 0.29) is 5.78 Å². The first-order valence-corrected chi connectivity index (χ1v) is 7.56. The highest BCUT2D eigenvalue weighted by Crippen LogP contribution is 2.42. The molecule has 22 heavy (non-hydrogen) atoms. The second-order valence-electron chi connectivity index (χ2n) is 5.67. The van der Waals surface area contributed by atoms with Gasteiger partial charge in [-0.3, -0.25) is 4.79 Å². The van der Waals surface area contributed by atoms with Crippen molar-refractivity contribution in [2.45, 2.75) is 19.8 Å². The number of hydrogen-bond donors (Lipinski definition) is 0. The summed E-state index contributed by atoms with van der Waals surface area (Å²) < 4.78 is 10.9. The molecule has 0 saturated heterocycles. The van der Waals surface area contributed by atoms with Crippen LogP contribution in [0.4, 0.5) is 0 Å². The molecular weight excluding hydrogens is 278 g/mol. The van der Waals surface area contributed by atoms with Crippen LogP contribution in [-0.4, -0.2) is 38.0 Å². The summed E-state index contributed by atoms with van der Waals surface area (Å²) in [7, 11) is 3.32. The number of methoxy groups -OCH3 is 2. The van der Waals surface area contributed by atoms with E-state index in [0.29, 0.717) is 0 Å². The van der Waals surface area contributed by atoms with Crippen molar-refractivity contribution in [1.82, 2.24) is 4.90 Å². The minimum Gasteiger partial charge on any atom is -0.493 e. The van der Waals surface area contributed by atoms with Gasteiger partial charge in [-0.05, 0) is 49.1 Å². The largest absolute Gasteiger partial charge is 0.493 e. The summed E-state index contributed by atoms with van der Waals surface area (Å²) in [6.45, 7) is 3.60. The normalized spacial score (nSPS) is 16.8. The molecule has 3 rings (SSSR count). The van der Waals surface area contributed by atoms with E-state index >= 15 is 0 Å². The highest BCUT2D eigenvalue weighted by molar-refractivity contribution is 5.88. The summed E-state index contributed by atoms with van der Waals surface area (Å²) in [6, 6.07) is 4.13. The third kappa shape index (κ3) is 2.49. The lowest BCUT2D eigenvalue weighted by Gasteiger charge is -2.30. The van der Waals surface area contributed by atoms with E-state index in [0.717, 1.165) is 37.4 Å². The number of hydrogen-bond acceptors (Lipinski definition) is 4. The van der Waals surface area contributed by atoms with E-state index in [2.05, 4.69) is 17.0 Å². The molecule has 2 aliphatic rings. The van der Waals surface area contributed by atoms with Gasteiger partial charge in [0.25, 0.3) is 0 Å². The Bertz CT molecular complexity index is 673. The van der Waals surface area contributed by atoms with E-state index in [4.69, 9.17) is 9.47 Å². The molecule has 0 bridgehead atoms. The van der Waals surface area contributed by atoms with Crippen LogP contribution in [0.3, 0.4) is 0 Å². The van der Waals surface area contributed by atoms with E-state index < -0.39 is 0 Å². The molecular formula is C18H21NO3. The Morgan fingerprint density at radius 3 is 2.50 bits per heavy atom. The second-order valence-corrected chi connectivity index (χ2v) is 5.67. The fraction of sp³-hybridized carbons (Fsp3) is 0.389. The minimum atomic E-state index is 0.0786. The van der Waals surface area contributed by atoms with E-state index in [1.165, 1.54) is 22.4 Å². The first kappa shape index (κ1) is 14.7. The summed E-state index contributed by atoms with van der Waals surface area (Å²) in [5.74, 6) is 1.60. The maximum absolute atomic E-state index is 11.2. The number of ketones is 1. The summed E-state index contributed by atoms with van der Waals surface area (Å²) in [5.41, 5.74) is 4.94. The zero-order chi connectivity index (χ0) is 15.7. The van der Waals surface area contributed by atoms with Crippen molar-refractivity contribution < 1.29 is 14.3 Å². The average molecular weight is 299 g/mol. The van der Waals surface area contributed by atoms with Crippen molar-refractivity contribution in [2.75, 3.05) is 27.3 Å². The first-order chi connectivity index (χ1) is 10.6. The van der Waals surface area contributed by atoms with Crippen LogP contribution >= 0.6 is 0 Å². The third-order valence-corrected chi connectivity index (χ3v) is 4.31. The Morgan fingerprint density at radius 2 is 1.82 bits per heavy atom. The SMILES string of the molecule is COc1cc2c(cc1OC)C1=C(/C=C\C(C)=O)CCN1CC2. The second kappa shape index (κ2) is 5.87. The molecule has 2 heterocycles. The molecule has 0 atom stereocenters. The third-order valence-electron chi connectivity index (χ3n) is 4.31. The maximum Gasteiger partial charge on any atom is 0.161 e. The number of allylic oxidation sites excluding steroid dienone is 2. The number of carbonyl (C=O) groups is 1. The molecule has 0 aromatic heterocycles. The standard InChI is InChI=1S/C18H21NO3/c1-12(20)4-5-13-6-8-19-9-7-14-10-16(21-2)17(22-3)11-15(14)18(13)19/h4-5,10-11H,6-9H2,1-3H3/b5-4-. The number of carbonyl (C=O) groups excluding carboxylic acids is 1. The maximum atomic E-state index is 11.2. The fourth-order valence-electron chi connectivity index (χ4n) is 3.24. The zero-order valence-electron chi connectivity index (χ0n) is 13.3. The van der Waals surface area contributed by atoms with Crippen LogP contribution in [0, 0.1) is 0 Å². The quantitative estimate of drug-likeness (QED) is 0.801. The Morgan fingerprint density at radius 1 is 1.14 bits per heavy atom. The molecule has 0 unspecified atom stereocenters. The van der Waals surface area contributed by atoms with Crippen LogP contribution in [0.15, 0.2) is 29.9 Å². The van der Waals surface area contributed by atoms with Crippen LogP contribution in [0.2, 0.25) is 0 Å². The smallest absolute Gasteiger partial charge is 0.161 e. The topological polar surface area (TPSA) is 38.8 Å². The van der Waals surface area contributed by atoms with E-state index in [9.17, 15) is 4.79 Å². The Balaban J connectivity index is 2.12. The summed E-state index contributed by atoms with van der Waals surface area (Å²) >= 11 is 0. The predicted octanol–water partition coefficient (Wildman–Crippen LogP) is 2.82. The molecule has 0 aliphatic carbocycles. The van der Waals surface area contributed by atoms with Gasteiger partial charge in [0, 0.05) is 24.4 Å². The van der Waals surface area contributed by atoms with Crippen molar-refractivity contribution in [2.24, 2.45) is 0 Å². The number of rotatable bonds is 4. The van der Waals surface area contributed by atoms with Crippen LogP contribution < -0.4 is 9.47 Å². The summed E-state index contributed by atoms with van der Waals surface area (Å²) in [6.07, 6.45) is 5.60. The van der Waals surface area contributed by atoms with Gasteiger partial charge in [-0.15, -0.1) is 0 Å². The number of benzene rings is 1. The predicted molar refractivity (Wildman–Crippen MR) is 86.2 cm³/mol. The Kier molecular flexibility index (Phi) is 3.92. The van der Waals surface area contributed by atoms with E-state index in [1.54, 1.807) is 27.2 Å². The molecule has 0 amide bonds. The molecule has 0 fully saturated rings. The fourth-order valence-corrected chi connectivity index (χ4v) is 3.24. The molecule has 4 nitrogen and oxygen atoms in total. The van der Waals surface area contributed by atoms with Crippen molar-refractivity contribution in [3.63, 3.8) is 0 Å². The lowest BCUT2D eigenvalue weighted by atomic mass is 9.94. The summed E-state index contributed by atoms with van der Waals surface area (Å²) in [4.78, 5) is 13.6. The van der Waals surface area contributed by atoms with Gasteiger partial charge in [-0.25, -0.2) is 0 Å². The molecule has 2 aliphatic heterocycles. The van der Waals surface area contributed by atoms with Gasteiger partial charge >= 0.3 is 0 Å². The lowest BCUT2D eigenvalue weighted by molar-refractivity contribution is -0.112. The number of nitrogens with zero attached hydrogens (tertiary/aromatic N) is 1. The van der Waals surface area contributed by atoms with E-state index in [1.807, 2.05) is 6.08 Å². The van der Waals surface area contributed by atoms with Gasteiger partial charge in [0.2, 0.25) is 0 Å². The highest BCUT2D eigenvalue weighted by atomic mass is 16.5. The molecule has 0 saturated carbocycles. The molecule has 0 N–H and O–H groups in total. The van der Waals surface area contributed by atoms with Crippen LogP contribution in [-0.2, 0) is 11.2 Å². The lowest BCUT2D eigenvalue weighted by Crippen LogP contribution is -2.27. The van der Waals surface area contributed by atoms with Crippen LogP contribution in [0.5, 0.6) is 11.5 Å². The van der Waals surface area contributed by atoms with Crippen LogP contribution in [0.1, 0.15) is 24.5 Å². The van der Waals surface area contributed by atoms with Gasteiger partial charge in [-0.2, -0.15) is 0 Å². The first-order valence-electron chi connectivity index (χ1n) is 7.56. The van der Waals surface area contributed by atoms with Gasteiger partial charge in [0.15, 0.2) is 17.3 Å². The van der Waals surface area contributed by atoms with Crippen molar-refractivity contribution in [1.29, 1.82) is 0 Å². The Labute approximate surface area is 131 Å². The van der Waals surface area contributed by atoms with Crippen molar-refractivity contribution >= 4 is 11.5 Å². The van der Waals surface area contributed by atoms with Gasteiger partial charge < -0.3 is 14.4 Å². The van der Waals surface area contributed by atoms with Crippen LogP contribution in [0.25, 0.3) is 5.70 Å². The molecule has 116 valence electrons. The highest BCUT2D eigenvalue weighted by Gasteiger charge is 2.29. The molecule has 1 aromatic carbocycles. The monoisotopic (exact) mass is 299 g/mol. The van der Waals surface area contributed by atoms with Gasteiger partial charge in [-0.1, -0.05) is 6.08 Å². The molecule has 0 radical (unpaired) electrons.